The van der Waals surface area contributed by atoms with E-state index in [1.165, 1.54) is 0 Å². The maximum Gasteiger partial charge on any atom is 0.322 e. The van der Waals surface area contributed by atoms with Crippen LogP contribution >= 0.6 is 0 Å². The number of aliphatic hydroxyl groups is 1. The van der Waals surface area contributed by atoms with Gasteiger partial charge in [-0.2, -0.15) is 0 Å². The third-order valence-corrected chi connectivity index (χ3v) is 3.60. The number of hydrogen-bond donors (Lipinski definition) is 7. The minimum absolute atomic E-state index is 0.0718. The molecule has 10 N–H and O–H groups in total. The molecule has 10 heteroatoms. The van der Waals surface area contributed by atoms with Crippen LogP contribution in [0, 0.1) is 11.8 Å². The van der Waals surface area contributed by atoms with Crippen LogP contribution < -0.4 is 17.2 Å². The van der Waals surface area contributed by atoms with E-state index in [-0.39, 0.29) is 11.8 Å². The Morgan fingerprint density at radius 3 is 1.08 bits per heavy atom. The molecule has 0 fully saturated rings. The van der Waals surface area contributed by atoms with Gasteiger partial charge in [-0.3, -0.25) is 14.4 Å². The Morgan fingerprint density at radius 2 is 1.04 bits per heavy atom. The lowest BCUT2D eigenvalue weighted by atomic mass is 10.0. The van der Waals surface area contributed by atoms with E-state index in [1.54, 1.807) is 0 Å². The summed E-state index contributed by atoms with van der Waals surface area (Å²) in [4.78, 5) is 30.0. The van der Waals surface area contributed by atoms with Crippen molar-refractivity contribution in [1.82, 2.24) is 0 Å². The van der Waals surface area contributed by atoms with Gasteiger partial charge in [0.1, 0.15) is 18.1 Å². The number of carboxylic acids is 3. The van der Waals surface area contributed by atoms with Gasteiger partial charge in [0.2, 0.25) is 0 Å². The van der Waals surface area contributed by atoms with Crippen molar-refractivity contribution in [1.29, 1.82) is 0 Å². The molecule has 0 aromatic heterocycles. The standard InChI is InChI=1S/2C6H13NO2.C3H7NO3/c2*1-3-4(2)5(7)6(8)9;4-2(1-5)3(6)7/h2*4-5H,3,7H2,1-2H3,(H,8,9);2,5H,1,4H2,(H,6,7)/t2*4-,5-;2-/m000/s1. The van der Waals surface area contributed by atoms with Crippen molar-refractivity contribution < 1.29 is 34.8 Å². The van der Waals surface area contributed by atoms with E-state index in [2.05, 4.69) is 0 Å². The van der Waals surface area contributed by atoms with E-state index in [1.807, 2.05) is 27.7 Å². The largest absolute Gasteiger partial charge is 0.480 e. The predicted octanol–water partition coefficient (Wildman–Crippen LogP) is -0.721. The zero-order chi connectivity index (χ0) is 20.7. The summed E-state index contributed by atoms with van der Waals surface area (Å²) in [6, 6.07) is -2.52. The van der Waals surface area contributed by atoms with Crippen molar-refractivity contribution in [2.24, 2.45) is 29.0 Å². The molecular formula is C15H33N3O7. The lowest BCUT2D eigenvalue weighted by Gasteiger charge is -2.11. The molecule has 5 atom stereocenters. The molecule has 0 aromatic carbocycles. The summed E-state index contributed by atoms with van der Waals surface area (Å²) in [6.07, 6.45) is 1.63. The Morgan fingerprint density at radius 1 is 0.760 bits per heavy atom. The fraction of sp³-hybridized carbons (Fsp3) is 0.800. The maximum atomic E-state index is 10.2. The van der Waals surface area contributed by atoms with Gasteiger partial charge < -0.3 is 37.6 Å². The number of carbonyl (C=O) groups is 3. The van der Waals surface area contributed by atoms with Crippen molar-refractivity contribution in [3.05, 3.63) is 0 Å². The molecule has 10 nitrogen and oxygen atoms in total. The van der Waals surface area contributed by atoms with Gasteiger partial charge in [-0.05, 0) is 11.8 Å². The summed E-state index contributed by atoms with van der Waals surface area (Å²) >= 11 is 0. The summed E-state index contributed by atoms with van der Waals surface area (Å²) in [5.74, 6) is -2.86. The zero-order valence-electron chi connectivity index (χ0n) is 15.3. The highest BCUT2D eigenvalue weighted by atomic mass is 16.4. The molecule has 0 aliphatic heterocycles. The van der Waals surface area contributed by atoms with Crippen LogP contribution in [-0.2, 0) is 14.4 Å². The van der Waals surface area contributed by atoms with Crippen LogP contribution in [0.3, 0.4) is 0 Å². The van der Waals surface area contributed by atoms with E-state index < -0.39 is 42.6 Å². The Bertz CT molecular complexity index is 367. The van der Waals surface area contributed by atoms with E-state index in [0.717, 1.165) is 12.8 Å². The van der Waals surface area contributed by atoms with Gasteiger partial charge in [-0.25, -0.2) is 0 Å². The number of nitrogens with two attached hydrogens (primary N) is 3. The molecule has 25 heavy (non-hydrogen) atoms. The summed E-state index contributed by atoms with van der Waals surface area (Å²) in [5.41, 5.74) is 15.3. The quantitative estimate of drug-likeness (QED) is 0.286. The second-order valence-corrected chi connectivity index (χ2v) is 5.63. The zero-order valence-corrected chi connectivity index (χ0v) is 15.3. The highest BCUT2D eigenvalue weighted by molar-refractivity contribution is 5.74. The Balaban J connectivity index is -0.000000293. The highest BCUT2D eigenvalue weighted by Crippen LogP contribution is 2.04. The number of aliphatic carboxylic acids is 3. The SMILES string of the molecule is CC[C@H](C)[C@H](N)C(=O)O.CC[C@H](C)[C@H](N)C(=O)O.N[C@@H](CO)C(=O)O. The molecule has 0 heterocycles. The topological polar surface area (TPSA) is 210 Å². The number of aliphatic hydroxyl groups excluding tert-OH is 1. The number of carboxylic acid groups (broad SMARTS) is 3. The van der Waals surface area contributed by atoms with Crippen molar-refractivity contribution in [3.63, 3.8) is 0 Å². The first-order chi connectivity index (χ1) is 11.4. The van der Waals surface area contributed by atoms with Crippen molar-refractivity contribution in [2.45, 2.75) is 58.7 Å². The summed E-state index contributed by atoms with van der Waals surface area (Å²) in [6.45, 7) is 7.01. The summed E-state index contributed by atoms with van der Waals surface area (Å²) < 4.78 is 0. The highest BCUT2D eigenvalue weighted by Gasteiger charge is 2.17. The van der Waals surface area contributed by atoms with Gasteiger partial charge in [0.25, 0.3) is 0 Å². The molecule has 0 rings (SSSR count). The van der Waals surface area contributed by atoms with Crippen molar-refractivity contribution in [3.8, 4) is 0 Å². The van der Waals surface area contributed by atoms with E-state index in [0.29, 0.717) is 0 Å². The third-order valence-electron chi connectivity index (χ3n) is 3.60. The third kappa shape index (κ3) is 15.5. The number of rotatable bonds is 8. The van der Waals surface area contributed by atoms with Gasteiger partial charge in [-0.1, -0.05) is 40.5 Å². The van der Waals surface area contributed by atoms with Crippen LogP contribution in [0.15, 0.2) is 0 Å². The maximum absolute atomic E-state index is 10.2. The molecule has 0 radical (unpaired) electrons. The Labute approximate surface area is 148 Å². The first-order valence-corrected chi connectivity index (χ1v) is 7.93. The van der Waals surface area contributed by atoms with Crippen molar-refractivity contribution in [2.75, 3.05) is 6.61 Å². The summed E-state index contributed by atoms with van der Waals surface area (Å²) in [5, 5.41) is 32.6. The van der Waals surface area contributed by atoms with Crippen LogP contribution in [0.5, 0.6) is 0 Å². The molecule has 0 saturated carbocycles. The molecule has 0 aliphatic rings. The molecule has 0 unspecified atom stereocenters. The molecule has 0 saturated heterocycles. The van der Waals surface area contributed by atoms with Gasteiger partial charge in [0, 0.05) is 0 Å². The predicted molar refractivity (Wildman–Crippen MR) is 92.8 cm³/mol. The van der Waals surface area contributed by atoms with Gasteiger partial charge in [-0.15, -0.1) is 0 Å². The van der Waals surface area contributed by atoms with E-state index >= 15 is 0 Å². The monoisotopic (exact) mass is 367 g/mol. The van der Waals surface area contributed by atoms with Crippen LogP contribution in [0.2, 0.25) is 0 Å². The van der Waals surface area contributed by atoms with Crippen LogP contribution in [0.25, 0.3) is 0 Å². The lowest BCUT2D eigenvalue weighted by molar-refractivity contribution is -0.140. The molecule has 0 aliphatic carbocycles. The van der Waals surface area contributed by atoms with E-state index in [4.69, 9.17) is 37.6 Å². The molecule has 0 spiro atoms. The Kier molecular flexibility index (Phi) is 17.7. The molecule has 0 aromatic rings. The molecule has 0 amide bonds. The normalized spacial score (nSPS) is 15.8. The van der Waals surface area contributed by atoms with Crippen LogP contribution in [0.4, 0.5) is 0 Å². The van der Waals surface area contributed by atoms with E-state index in [9.17, 15) is 14.4 Å². The fourth-order valence-electron chi connectivity index (χ4n) is 1.07. The first-order valence-electron chi connectivity index (χ1n) is 7.93. The average molecular weight is 367 g/mol. The number of hydrogen-bond acceptors (Lipinski definition) is 7. The summed E-state index contributed by atoms with van der Waals surface area (Å²) in [7, 11) is 0. The van der Waals surface area contributed by atoms with Crippen LogP contribution in [-0.4, -0.2) is 63.1 Å². The average Bonchev–Trinajstić information content (AvgIpc) is 2.58. The van der Waals surface area contributed by atoms with Crippen molar-refractivity contribution >= 4 is 17.9 Å². The molecule has 150 valence electrons. The fourth-order valence-corrected chi connectivity index (χ4v) is 1.07. The smallest absolute Gasteiger partial charge is 0.322 e. The second kappa shape index (κ2) is 15.8. The van der Waals surface area contributed by atoms with Gasteiger partial charge in [0.05, 0.1) is 6.61 Å². The molecular weight excluding hydrogens is 334 g/mol. The first kappa shape index (κ1) is 28.1. The Hall–Kier alpha value is -1.75. The second-order valence-electron chi connectivity index (χ2n) is 5.63. The minimum atomic E-state index is -1.18. The van der Waals surface area contributed by atoms with Gasteiger partial charge in [0.15, 0.2) is 0 Å². The van der Waals surface area contributed by atoms with Crippen LogP contribution in [0.1, 0.15) is 40.5 Å². The minimum Gasteiger partial charge on any atom is -0.480 e. The molecule has 0 bridgehead atoms. The van der Waals surface area contributed by atoms with Gasteiger partial charge >= 0.3 is 17.9 Å². The lowest BCUT2D eigenvalue weighted by Crippen LogP contribution is -2.36.